The molecule has 0 bridgehead atoms. The lowest BCUT2D eigenvalue weighted by molar-refractivity contribution is -0.143. The van der Waals surface area contributed by atoms with Crippen molar-refractivity contribution in [2.75, 3.05) is 13.1 Å². The fourth-order valence-corrected chi connectivity index (χ4v) is 2.59. The Balaban J connectivity index is 2.09. The highest BCUT2D eigenvalue weighted by atomic mass is 79.9. The van der Waals surface area contributed by atoms with E-state index in [1.807, 2.05) is 0 Å². The van der Waals surface area contributed by atoms with Crippen LogP contribution in [0, 0.1) is 5.92 Å². The predicted molar refractivity (Wildman–Crippen MR) is 73.2 cm³/mol. The molecule has 1 N–H and O–H groups in total. The van der Waals surface area contributed by atoms with E-state index in [-0.39, 0.29) is 17.0 Å². The van der Waals surface area contributed by atoms with Crippen LogP contribution in [0.5, 0.6) is 0 Å². The molecular weight excluding hydrogens is 336 g/mol. The first-order valence-electron chi connectivity index (χ1n) is 5.82. The van der Waals surface area contributed by atoms with Crippen molar-refractivity contribution in [1.29, 1.82) is 0 Å². The Morgan fingerprint density at radius 1 is 1.42 bits per heavy atom. The summed E-state index contributed by atoms with van der Waals surface area (Å²) in [5.41, 5.74) is 0.338. The third kappa shape index (κ3) is 3.25. The van der Waals surface area contributed by atoms with Crippen LogP contribution >= 0.6 is 27.5 Å². The van der Waals surface area contributed by atoms with Gasteiger partial charge in [0.15, 0.2) is 0 Å². The first kappa shape index (κ1) is 14.3. The zero-order valence-electron chi connectivity index (χ0n) is 9.97. The minimum atomic E-state index is -0.797. The molecule has 1 fully saturated rings. The van der Waals surface area contributed by atoms with Crippen LogP contribution in [-0.4, -0.2) is 40.0 Å². The van der Waals surface area contributed by atoms with E-state index in [0.29, 0.717) is 36.0 Å². The van der Waals surface area contributed by atoms with E-state index in [1.165, 1.54) is 6.20 Å². The number of carbonyl (C=O) groups excluding carboxylic acids is 1. The Morgan fingerprint density at radius 2 is 2.05 bits per heavy atom. The SMILES string of the molecule is O=C(O)C1CCN(C(=O)c2cc(Br)cnc2Cl)CC1. The van der Waals surface area contributed by atoms with Gasteiger partial charge >= 0.3 is 5.97 Å². The number of aliphatic carboxylic acids is 1. The van der Waals surface area contributed by atoms with Crippen molar-refractivity contribution in [2.45, 2.75) is 12.8 Å². The number of halogens is 2. The van der Waals surface area contributed by atoms with Crippen molar-refractivity contribution in [1.82, 2.24) is 9.88 Å². The number of hydrogen-bond donors (Lipinski definition) is 1. The van der Waals surface area contributed by atoms with E-state index in [9.17, 15) is 9.59 Å². The van der Waals surface area contributed by atoms with Crippen molar-refractivity contribution >= 4 is 39.4 Å². The number of aromatic nitrogens is 1. The number of pyridine rings is 1. The van der Waals surface area contributed by atoms with E-state index in [1.54, 1.807) is 11.0 Å². The smallest absolute Gasteiger partial charge is 0.306 e. The molecule has 1 aromatic heterocycles. The summed E-state index contributed by atoms with van der Waals surface area (Å²) >= 11 is 9.16. The Bertz CT molecular complexity index is 516. The summed E-state index contributed by atoms with van der Waals surface area (Å²) in [4.78, 5) is 28.7. The summed E-state index contributed by atoms with van der Waals surface area (Å²) in [6.45, 7) is 0.858. The van der Waals surface area contributed by atoms with E-state index >= 15 is 0 Å². The van der Waals surface area contributed by atoms with Gasteiger partial charge in [-0.2, -0.15) is 0 Å². The summed E-state index contributed by atoms with van der Waals surface area (Å²) in [6, 6.07) is 1.63. The van der Waals surface area contributed by atoms with Crippen molar-refractivity contribution < 1.29 is 14.7 Å². The molecule has 0 atom stereocenters. The van der Waals surface area contributed by atoms with E-state index in [0.717, 1.165) is 0 Å². The highest BCUT2D eigenvalue weighted by Gasteiger charge is 2.28. The molecule has 0 spiro atoms. The molecule has 1 aliphatic rings. The molecule has 0 unspecified atom stereocenters. The number of likely N-dealkylation sites (tertiary alicyclic amines) is 1. The standard InChI is InChI=1S/C12H12BrClN2O3/c13-8-5-9(10(14)15-6-8)11(17)16-3-1-7(2-4-16)12(18)19/h5-7H,1-4H2,(H,18,19). The molecule has 2 heterocycles. The second-order valence-corrected chi connectivity index (χ2v) is 5.67. The predicted octanol–water partition coefficient (Wildman–Crippen LogP) is 2.43. The number of carboxylic acids is 1. The molecule has 0 aliphatic carbocycles. The summed E-state index contributed by atoms with van der Waals surface area (Å²) in [6.07, 6.45) is 2.47. The highest BCUT2D eigenvalue weighted by molar-refractivity contribution is 9.10. The van der Waals surface area contributed by atoms with Crippen LogP contribution in [0.1, 0.15) is 23.2 Å². The van der Waals surface area contributed by atoms with Crippen LogP contribution in [0.4, 0.5) is 0 Å². The maximum Gasteiger partial charge on any atom is 0.306 e. The first-order valence-corrected chi connectivity index (χ1v) is 6.99. The van der Waals surface area contributed by atoms with Gasteiger partial charge in [-0.3, -0.25) is 9.59 Å². The number of carbonyl (C=O) groups is 2. The Morgan fingerprint density at radius 3 is 2.63 bits per heavy atom. The maximum absolute atomic E-state index is 12.3. The monoisotopic (exact) mass is 346 g/mol. The van der Waals surface area contributed by atoms with Gasteiger partial charge in [0.1, 0.15) is 5.15 Å². The van der Waals surface area contributed by atoms with Gasteiger partial charge in [-0.05, 0) is 34.8 Å². The number of nitrogens with zero attached hydrogens (tertiary/aromatic N) is 2. The van der Waals surface area contributed by atoms with Crippen LogP contribution in [-0.2, 0) is 4.79 Å². The normalized spacial score (nSPS) is 16.4. The number of carboxylic acid groups (broad SMARTS) is 1. The van der Waals surface area contributed by atoms with Gasteiger partial charge in [0.25, 0.3) is 5.91 Å². The first-order chi connectivity index (χ1) is 8.99. The Kier molecular flexibility index (Phi) is 4.42. The molecule has 1 aromatic rings. The summed E-state index contributed by atoms with van der Waals surface area (Å²) < 4.78 is 0.681. The Hall–Kier alpha value is -1.14. The average molecular weight is 348 g/mol. The van der Waals surface area contributed by atoms with Gasteiger partial charge in [-0.1, -0.05) is 11.6 Å². The summed E-state index contributed by atoms with van der Waals surface area (Å²) in [5.74, 6) is -1.36. The number of hydrogen-bond acceptors (Lipinski definition) is 3. The second kappa shape index (κ2) is 5.88. The molecule has 2 rings (SSSR count). The largest absolute Gasteiger partial charge is 0.481 e. The van der Waals surface area contributed by atoms with Crippen molar-refractivity contribution in [2.24, 2.45) is 5.92 Å². The molecule has 19 heavy (non-hydrogen) atoms. The van der Waals surface area contributed by atoms with E-state index in [4.69, 9.17) is 16.7 Å². The zero-order chi connectivity index (χ0) is 14.0. The van der Waals surface area contributed by atoms with Gasteiger partial charge in [0.05, 0.1) is 11.5 Å². The fraction of sp³-hybridized carbons (Fsp3) is 0.417. The molecule has 102 valence electrons. The Labute approximate surface area is 123 Å². The maximum atomic E-state index is 12.3. The topological polar surface area (TPSA) is 70.5 Å². The molecule has 7 heteroatoms. The van der Waals surface area contributed by atoms with Gasteiger partial charge in [0.2, 0.25) is 0 Å². The van der Waals surface area contributed by atoms with Crippen molar-refractivity contribution in [3.8, 4) is 0 Å². The molecule has 1 saturated heterocycles. The highest BCUT2D eigenvalue weighted by Crippen LogP contribution is 2.23. The van der Waals surface area contributed by atoms with Gasteiger partial charge in [-0.15, -0.1) is 0 Å². The van der Waals surface area contributed by atoms with Crippen LogP contribution in [0.2, 0.25) is 5.15 Å². The fourth-order valence-electron chi connectivity index (χ4n) is 2.07. The molecule has 0 saturated carbocycles. The van der Waals surface area contributed by atoms with E-state index < -0.39 is 5.97 Å². The lowest BCUT2D eigenvalue weighted by atomic mass is 9.97. The van der Waals surface area contributed by atoms with Crippen molar-refractivity contribution in [3.05, 3.63) is 27.5 Å². The molecule has 1 aliphatic heterocycles. The second-order valence-electron chi connectivity index (χ2n) is 4.40. The molecule has 0 aromatic carbocycles. The third-order valence-electron chi connectivity index (χ3n) is 3.17. The third-order valence-corrected chi connectivity index (χ3v) is 3.90. The number of amides is 1. The van der Waals surface area contributed by atoms with Crippen molar-refractivity contribution in [3.63, 3.8) is 0 Å². The van der Waals surface area contributed by atoms with Crippen LogP contribution in [0.15, 0.2) is 16.7 Å². The molecule has 1 amide bonds. The zero-order valence-corrected chi connectivity index (χ0v) is 12.3. The molecule has 5 nitrogen and oxygen atoms in total. The summed E-state index contributed by atoms with van der Waals surface area (Å²) in [5, 5.41) is 9.08. The summed E-state index contributed by atoms with van der Waals surface area (Å²) in [7, 11) is 0. The number of piperidine rings is 1. The lowest BCUT2D eigenvalue weighted by Crippen LogP contribution is -2.40. The van der Waals surface area contributed by atoms with Crippen LogP contribution < -0.4 is 0 Å². The quantitative estimate of drug-likeness (QED) is 0.834. The average Bonchev–Trinajstić information content (AvgIpc) is 2.41. The van der Waals surface area contributed by atoms with Gasteiger partial charge in [-0.25, -0.2) is 4.98 Å². The van der Waals surface area contributed by atoms with Crippen LogP contribution in [0.3, 0.4) is 0 Å². The molecular formula is C12H12BrClN2O3. The minimum absolute atomic E-state index is 0.161. The van der Waals surface area contributed by atoms with Gasteiger partial charge < -0.3 is 10.0 Å². The van der Waals surface area contributed by atoms with Gasteiger partial charge in [0, 0.05) is 23.8 Å². The number of rotatable bonds is 2. The molecule has 0 radical (unpaired) electrons. The minimum Gasteiger partial charge on any atom is -0.481 e. The lowest BCUT2D eigenvalue weighted by Gasteiger charge is -2.30. The van der Waals surface area contributed by atoms with Crippen LogP contribution in [0.25, 0.3) is 0 Å². The van der Waals surface area contributed by atoms with E-state index in [2.05, 4.69) is 20.9 Å².